The Bertz CT molecular complexity index is 351. The molecule has 2 heterocycles. The molecule has 0 aliphatic carbocycles. The fourth-order valence-electron chi connectivity index (χ4n) is 3.05. The van der Waals surface area contributed by atoms with Crippen LogP contribution in [0.4, 0.5) is 5.69 Å². The van der Waals surface area contributed by atoms with Crippen LogP contribution in [0.1, 0.15) is 12.8 Å². The highest BCUT2D eigenvalue weighted by atomic mass is 15.3. The third-order valence-electron chi connectivity index (χ3n) is 4.13. The largest absolute Gasteiger partial charge is 0.369 e. The highest BCUT2D eigenvalue weighted by molar-refractivity contribution is 5.46. The molecule has 1 unspecified atom stereocenters. The number of rotatable bonds is 3. The summed E-state index contributed by atoms with van der Waals surface area (Å²) in [5, 5.41) is 3.59. The molecule has 1 N–H and O–H groups in total. The summed E-state index contributed by atoms with van der Waals surface area (Å²) in [6, 6.07) is 11.5. The summed E-state index contributed by atoms with van der Waals surface area (Å²) in [5.41, 5.74) is 1.37. The molecule has 0 amide bonds. The lowest BCUT2D eigenvalue weighted by molar-refractivity contribution is 0.236. The normalized spacial score (nSPS) is 25.6. The van der Waals surface area contributed by atoms with Crippen LogP contribution in [0.25, 0.3) is 0 Å². The molecule has 1 atom stereocenters. The molecule has 0 bridgehead atoms. The van der Waals surface area contributed by atoms with Crippen molar-refractivity contribution in [3.8, 4) is 0 Å². The van der Waals surface area contributed by atoms with Crippen molar-refractivity contribution < 1.29 is 0 Å². The molecule has 18 heavy (non-hydrogen) atoms. The van der Waals surface area contributed by atoms with Crippen LogP contribution in [0.15, 0.2) is 30.3 Å². The second-order valence-electron chi connectivity index (χ2n) is 5.42. The molecule has 2 fully saturated rings. The maximum Gasteiger partial charge on any atom is 0.0367 e. The second kappa shape index (κ2) is 5.72. The predicted octanol–water partition coefficient (Wildman–Crippen LogP) is 1.56. The molecular formula is C15H23N3. The van der Waals surface area contributed by atoms with E-state index in [9.17, 15) is 0 Å². The molecule has 0 aromatic heterocycles. The molecule has 0 saturated carbocycles. The summed E-state index contributed by atoms with van der Waals surface area (Å²) >= 11 is 0. The minimum Gasteiger partial charge on any atom is -0.369 e. The highest BCUT2D eigenvalue weighted by Gasteiger charge is 2.21. The van der Waals surface area contributed by atoms with Gasteiger partial charge in [0, 0.05) is 44.5 Å². The quantitative estimate of drug-likeness (QED) is 0.872. The Morgan fingerprint density at radius 3 is 2.50 bits per heavy atom. The maximum absolute atomic E-state index is 3.59. The van der Waals surface area contributed by atoms with Crippen molar-refractivity contribution >= 4 is 5.69 Å². The Kier molecular flexibility index (Phi) is 3.81. The monoisotopic (exact) mass is 245 g/mol. The molecule has 1 aromatic carbocycles. The van der Waals surface area contributed by atoms with Crippen molar-refractivity contribution in [1.29, 1.82) is 0 Å². The van der Waals surface area contributed by atoms with E-state index in [1.165, 1.54) is 44.7 Å². The van der Waals surface area contributed by atoms with Crippen LogP contribution in [0.5, 0.6) is 0 Å². The average molecular weight is 245 g/mol. The van der Waals surface area contributed by atoms with Crippen LogP contribution >= 0.6 is 0 Å². The van der Waals surface area contributed by atoms with E-state index in [4.69, 9.17) is 0 Å². The first kappa shape index (κ1) is 12.0. The zero-order valence-electron chi connectivity index (χ0n) is 11.0. The zero-order chi connectivity index (χ0) is 12.2. The standard InChI is InChI=1S/C15H23N3/c1-2-6-15(7-3-1)18-11-9-17(10-12-18)13-14-5-4-8-16-14/h1-3,6-7,14,16H,4-5,8-13H2. The van der Waals surface area contributed by atoms with E-state index >= 15 is 0 Å². The number of para-hydroxylation sites is 1. The number of hydrogen-bond acceptors (Lipinski definition) is 3. The van der Waals surface area contributed by atoms with Crippen LogP contribution in [-0.2, 0) is 0 Å². The lowest BCUT2D eigenvalue weighted by atomic mass is 10.2. The summed E-state index contributed by atoms with van der Waals surface area (Å²) in [4.78, 5) is 5.11. The Hall–Kier alpha value is -1.06. The second-order valence-corrected chi connectivity index (χ2v) is 5.42. The van der Waals surface area contributed by atoms with Crippen molar-refractivity contribution in [3.05, 3.63) is 30.3 Å². The van der Waals surface area contributed by atoms with Crippen LogP contribution in [0, 0.1) is 0 Å². The van der Waals surface area contributed by atoms with Gasteiger partial charge in [-0.3, -0.25) is 4.90 Å². The van der Waals surface area contributed by atoms with E-state index < -0.39 is 0 Å². The molecule has 0 radical (unpaired) electrons. The number of anilines is 1. The van der Waals surface area contributed by atoms with Crippen LogP contribution in [0.3, 0.4) is 0 Å². The summed E-state index contributed by atoms with van der Waals surface area (Å²) in [6.07, 6.45) is 2.72. The Morgan fingerprint density at radius 2 is 1.83 bits per heavy atom. The number of piperazine rings is 1. The van der Waals surface area contributed by atoms with Crippen molar-refractivity contribution in [2.24, 2.45) is 0 Å². The smallest absolute Gasteiger partial charge is 0.0367 e. The lowest BCUT2D eigenvalue weighted by Crippen LogP contribution is -2.49. The fraction of sp³-hybridized carbons (Fsp3) is 0.600. The molecule has 0 spiro atoms. The van der Waals surface area contributed by atoms with Gasteiger partial charge in [0.2, 0.25) is 0 Å². The van der Waals surface area contributed by atoms with Crippen LogP contribution in [0.2, 0.25) is 0 Å². The summed E-state index contributed by atoms with van der Waals surface area (Å²) in [5.74, 6) is 0. The molecule has 2 saturated heterocycles. The van der Waals surface area contributed by atoms with E-state index in [1.807, 2.05) is 0 Å². The van der Waals surface area contributed by atoms with Crippen molar-refractivity contribution in [2.75, 3.05) is 44.2 Å². The van der Waals surface area contributed by atoms with Gasteiger partial charge in [0.1, 0.15) is 0 Å². The van der Waals surface area contributed by atoms with Gasteiger partial charge in [0.05, 0.1) is 0 Å². The summed E-state index contributed by atoms with van der Waals surface area (Å²) in [7, 11) is 0. The lowest BCUT2D eigenvalue weighted by Gasteiger charge is -2.37. The summed E-state index contributed by atoms with van der Waals surface area (Å²) < 4.78 is 0. The maximum atomic E-state index is 3.59. The third-order valence-corrected chi connectivity index (χ3v) is 4.13. The van der Waals surface area contributed by atoms with E-state index in [0.717, 1.165) is 19.1 Å². The summed E-state index contributed by atoms with van der Waals surface area (Å²) in [6.45, 7) is 7.19. The van der Waals surface area contributed by atoms with Crippen LogP contribution < -0.4 is 10.2 Å². The first-order valence-corrected chi connectivity index (χ1v) is 7.17. The minimum absolute atomic E-state index is 0.744. The van der Waals surface area contributed by atoms with Gasteiger partial charge in [0.25, 0.3) is 0 Å². The van der Waals surface area contributed by atoms with Crippen molar-refractivity contribution in [2.45, 2.75) is 18.9 Å². The molecule has 3 heteroatoms. The Labute approximate surface area is 110 Å². The number of hydrogen-bond donors (Lipinski definition) is 1. The van der Waals surface area contributed by atoms with E-state index in [2.05, 4.69) is 45.4 Å². The molecule has 1 aromatic rings. The number of benzene rings is 1. The van der Waals surface area contributed by atoms with E-state index in [1.54, 1.807) is 0 Å². The van der Waals surface area contributed by atoms with Gasteiger partial charge in [-0.2, -0.15) is 0 Å². The predicted molar refractivity (Wildman–Crippen MR) is 76.1 cm³/mol. The topological polar surface area (TPSA) is 18.5 Å². The number of nitrogens with zero attached hydrogens (tertiary/aromatic N) is 2. The molecule has 98 valence electrons. The molecule has 3 nitrogen and oxygen atoms in total. The van der Waals surface area contributed by atoms with Crippen molar-refractivity contribution in [3.63, 3.8) is 0 Å². The minimum atomic E-state index is 0.744. The zero-order valence-corrected chi connectivity index (χ0v) is 11.0. The first-order chi connectivity index (χ1) is 8.92. The first-order valence-electron chi connectivity index (χ1n) is 7.17. The molecule has 2 aliphatic heterocycles. The molecule has 3 rings (SSSR count). The average Bonchev–Trinajstić information content (AvgIpc) is 2.94. The van der Waals surface area contributed by atoms with Gasteiger partial charge < -0.3 is 10.2 Å². The fourth-order valence-corrected chi connectivity index (χ4v) is 3.05. The molecule has 2 aliphatic rings. The van der Waals surface area contributed by atoms with E-state index in [0.29, 0.717) is 0 Å². The van der Waals surface area contributed by atoms with Gasteiger partial charge in [-0.25, -0.2) is 0 Å². The third kappa shape index (κ3) is 2.85. The van der Waals surface area contributed by atoms with Gasteiger partial charge in [-0.15, -0.1) is 0 Å². The van der Waals surface area contributed by atoms with Gasteiger partial charge in [-0.1, -0.05) is 18.2 Å². The van der Waals surface area contributed by atoms with Crippen molar-refractivity contribution in [1.82, 2.24) is 10.2 Å². The van der Waals surface area contributed by atoms with Crippen LogP contribution in [-0.4, -0.2) is 50.2 Å². The SMILES string of the molecule is c1ccc(N2CCN(CC3CCCN3)CC2)cc1. The highest BCUT2D eigenvalue weighted by Crippen LogP contribution is 2.16. The van der Waals surface area contributed by atoms with Gasteiger partial charge in [0.15, 0.2) is 0 Å². The van der Waals surface area contributed by atoms with E-state index in [-0.39, 0.29) is 0 Å². The Morgan fingerprint density at radius 1 is 1.06 bits per heavy atom. The number of nitrogens with one attached hydrogen (secondary N) is 1. The molecular weight excluding hydrogens is 222 g/mol. The van der Waals surface area contributed by atoms with Gasteiger partial charge in [-0.05, 0) is 31.5 Å². The van der Waals surface area contributed by atoms with Gasteiger partial charge >= 0.3 is 0 Å². The Balaban J connectivity index is 1.49.